The second-order valence-corrected chi connectivity index (χ2v) is 9.40. The summed E-state index contributed by atoms with van der Waals surface area (Å²) in [4.78, 5) is 32.7. The summed E-state index contributed by atoms with van der Waals surface area (Å²) >= 11 is 0. The van der Waals surface area contributed by atoms with Crippen LogP contribution in [-0.4, -0.2) is 46.4 Å². The number of hydrogen-bond acceptors (Lipinski definition) is 6. The van der Waals surface area contributed by atoms with Gasteiger partial charge in [-0.1, -0.05) is 36.4 Å². The normalized spacial score (nSPS) is 15.9. The molecule has 0 N–H and O–H groups in total. The minimum Gasteiger partial charge on any atom is -0.466 e. The van der Waals surface area contributed by atoms with Crippen LogP contribution in [0.25, 0.3) is 0 Å². The van der Waals surface area contributed by atoms with E-state index in [2.05, 4.69) is 4.98 Å². The maximum absolute atomic E-state index is 14.4. The van der Waals surface area contributed by atoms with Gasteiger partial charge >= 0.3 is 12.1 Å². The van der Waals surface area contributed by atoms with Crippen LogP contribution in [0.2, 0.25) is 0 Å². The number of halogens is 4. The average Bonchev–Trinajstić information content (AvgIpc) is 3.38. The molecule has 1 fully saturated rings. The molecular weight excluding hydrogens is 518 g/mol. The summed E-state index contributed by atoms with van der Waals surface area (Å²) in [6.07, 6.45) is -2.00. The fourth-order valence-electron chi connectivity index (χ4n) is 4.59. The fraction of sp³-hybridized carbons (Fsp3) is 0.393. The third kappa shape index (κ3) is 7.44. The van der Waals surface area contributed by atoms with Crippen LogP contribution in [0.3, 0.4) is 0 Å². The van der Waals surface area contributed by atoms with Gasteiger partial charge < -0.3 is 14.1 Å². The van der Waals surface area contributed by atoms with Gasteiger partial charge in [0.25, 0.3) is 5.91 Å². The number of rotatable bonds is 9. The number of esters is 1. The van der Waals surface area contributed by atoms with Crippen molar-refractivity contribution in [3.8, 4) is 0 Å². The molecule has 1 amide bonds. The smallest absolute Gasteiger partial charge is 0.416 e. The van der Waals surface area contributed by atoms with E-state index in [4.69, 9.17) is 9.15 Å². The maximum Gasteiger partial charge on any atom is 0.416 e. The summed E-state index contributed by atoms with van der Waals surface area (Å²) in [5, 5.41) is 0. The molecule has 11 heteroatoms. The Morgan fingerprint density at radius 2 is 1.92 bits per heavy atom. The first-order valence-corrected chi connectivity index (χ1v) is 12.7. The first-order chi connectivity index (χ1) is 18.6. The Morgan fingerprint density at radius 3 is 2.67 bits per heavy atom. The van der Waals surface area contributed by atoms with Crippen molar-refractivity contribution in [2.75, 3.05) is 19.7 Å². The van der Waals surface area contributed by atoms with Gasteiger partial charge in [0, 0.05) is 31.7 Å². The number of carbonyl (C=O) groups is 2. The quantitative estimate of drug-likeness (QED) is 0.262. The Hall–Kier alpha value is -3.73. The second kappa shape index (κ2) is 12.4. The molecule has 0 radical (unpaired) electrons. The maximum atomic E-state index is 14.4. The zero-order chi connectivity index (χ0) is 28.0. The predicted octanol–water partition coefficient (Wildman–Crippen LogP) is 5.45. The van der Waals surface area contributed by atoms with Crippen molar-refractivity contribution < 1.29 is 36.3 Å². The van der Waals surface area contributed by atoms with E-state index in [-0.39, 0.29) is 50.3 Å². The summed E-state index contributed by atoms with van der Waals surface area (Å²) < 4.78 is 64.8. The number of benzene rings is 2. The first kappa shape index (κ1) is 28.3. The van der Waals surface area contributed by atoms with Crippen molar-refractivity contribution in [2.45, 2.75) is 45.6 Å². The molecule has 0 saturated carbocycles. The van der Waals surface area contributed by atoms with Gasteiger partial charge in [0.1, 0.15) is 12.1 Å². The van der Waals surface area contributed by atoms with E-state index >= 15 is 0 Å². The van der Waals surface area contributed by atoms with Crippen LogP contribution in [-0.2, 0) is 35.3 Å². The Kier molecular flexibility index (Phi) is 9.01. The Balaban J connectivity index is 1.50. The van der Waals surface area contributed by atoms with Crippen LogP contribution in [0.4, 0.5) is 17.6 Å². The van der Waals surface area contributed by atoms with E-state index in [1.165, 1.54) is 23.3 Å². The monoisotopic (exact) mass is 547 g/mol. The molecule has 1 aliphatic heterocycles. The van der Waals surface area contributed by atoms with E-state index in [1.54, 1.807) is 36.1 Å². The van der Waals surface area contributed by atoms with Crippen molar-refractivity contribution in [3.05, 3.63) is 88.9 Å². The van der Waals surface area contributed by atoms with Gasteiger partial charge in [-0.25, -0.2) is 9.37 Å². The molecule has 208 valence electrons. The van der Waals surface area contributed by atoms with Gasteiger partial charge in [-0.15, -0.1) is 0 Å². The molecule has 1 saturated heterocycles. The molecule has 4 rings (SSSR count). The van der Waals surface area contributed by atoms with E-state index in [1.807, 2.05) is 0 Å². The molecule has 39 heavy (non-hydrogen) atoms. The lowest BCUT2D eigenvalue weighted by Crippen LogP contribution is -2.43. The molecule has 1 atom stereocenters. The lowest BCUT2D eigenvalue weighted by molar-refractivity contribution is -0.149. The van der Waals surface area contributed by atoms with Gasteiger partial charge in [0.15, 0.2) is 5.69 Å². The second-order valence-electron chi connectivity index (χ2n) is 9.40. The summed E-state index contributed by atoms with van der Waals surface area (Å²) in [5.41, 5.74) is 0.00456. The number of likely N-dealkylation sites (tertiary alicyclic amines) is 1. The number of amides is 1. The molecule has 0 unspecified atom stereocenters. The van der Waals surface area contributed by atoms with Crippen molar-refractivity contribution in [3.63, 3.8) is 0 Å². The zero-order valence-electron chi connectivity index (χ0n) is 21.4. The SMILES string of the molecule is CCOC(=O)[C@@H]1CCCN(C(=O)c2coc(CN(Cc3cccc(C(F)(F)F)c3)Cc3ccccc3F)n2)C1. The molecule has 1 aliphatic rings. The number of nitrogens with zero attached hydrogens (tertiary/aromatic N) is 3. The molecule has 2 heterocycles. The largest absolute Gasteiger partial charge is 0.466 e. The third-order valence-corrected chi connectivity index (χ3v) is 6.47. The highest BCUT2D eigenvalue weighted by Crippen LogP contribution is 2.30. The van der Waals surface area contributed by atoms with Gasteiger partial charge in [0.2, 0.25) is 5.89 Å². The Morgan fingerprint density at radius 1 is 1.13 bits per heavy atom. The van der Waals surface area contributed by atoms with Gasteiger partial charge in [-0.05, 0) is 37.5 Å². The third-order valence-electron chi connectivity index (χ3n) is 6.47. The molecule has 2 aromatic carbocycles. The number of hydrogen-bond donors (Lipinski definition) is 0. The number of alkyl halides is 3. The number of aromatic nitrogens is 1. The zero-order valence-corrected chi connectivity index (χ0v) is 21.4. The lowest BCUT2D eigenvalue weighted by Gasteiger charge is -2.30. The van der Waals surface area contributed by atoms with E-state index in [0.717, 1.165) is 12.1 Å². The van der Waals surface area contributed by atoms with Crippen LogP contribution in [0, 0.1) is 11.7 Å². The minimum absolute atomic E-state index is 0.0172. The molecular formula is C28H29F4N3O4. The van der Waals surface area contributed by atoms with E-state index in [0.29, 0.717) is 30.5 Å². The van der Waals surface area contributed by atoms with E-state index in [9.17, 15) is 27.2 Å². The van der Waals surface area contributed by atoms with Crippen LogP contribution < -0.4 is 0 Å². The standard InChI is InChI=1S/C28H29F4N3O4/c1-2-38-27(37)21-9-6-12-35(16-21)26(36)24-18-39-25(33-24)17-34(15-20-8-3-4-11-23(20)29)14-19-7-5-10-22(13-19)28(30,31)32/h3-5,7-8,10-11,13,18,21H,2,6,9,12,14-17H2,1H3/t21-/m1/s1. The number of piperidine rings is 1. The van der Waals surface area contributed by atoms with Crippen LogP contribution in [0.5, 0.6) is 0 Å². The molecule has 7 nitrogen and oxygen atoms in total. The highest BCUT2D eigenvalue weighted by atomic mass is 19.4. The highest BCUT2D eigenvalue weighted by molar-refractivity contribution is 5.92. The predicted molar refractivity (Wildman–Crippen MR) is 133 cm³/mol. The summed E-state index contributed by atoms with van der Waals surface area (Å²) in [6, 6.07) is 11.0. The van der Waals surface area contributed by atoms with Crippen molar-refractivity contribution in [2.24, 2.45) is 5.92 Å². The number of oxazole rings is 1. The minimum atomic E-state index is -4.50. The molecule has 0 aliphatic carbocycles. The van der Waals surface area contributed by atoms with Crippen LogP contribution >= 0.6 is 0 Å². The van der Waals surface area contributed by atoms with Crippen molar-refractivity contribution in [1.29, 1.82) is 0 Å². The average molecular weight is 548 g/mol. The molecule has 1 aromatic heterocycles. The van der Waals surface area contributed by atoms with Crippen molar-refractivity contribution >= 4 is 11.9 Å². The topological polar surface area (TPSA) is 75.9 Å². The fourth-order valence-corrected chi connectivity index (χ4v) is 4.59. The molecule has 0 spiro atoms. The highest BCUT2D eigenvalue weighted by Gasteiger charge is 2.32. The number of carbonyl (C=O) groups excluding carboxylic acids is 2. The van der Waals surface area contributed by atoms with Crippen LogP contribution in [0.15, 0.2) is 59.2 Å². The Bertz CT molecular complexity index is 1290. The lowest BCUT2D eigenvalue weighted by atomic mass is 9.98. The van der Waals surface area contributed by atoms with Gasteiger partial charge in [0.05, 0.1) is 24.6 Å². The van der Waals surface area contributed by atoms with Crippen molar-refractivity contribution in [1.82, 2.24) is 14.8 Å². The van der Waals surface area contributed by atoms with Gasteiger partial charge in [-0.2, -0.15) is 13.2 Å². The first-order valence-electron chi connectivity index (χ1n) is 12.7. The van der Waals surface area contributed by atoms with Gasteiger partial charge in [-0.3, -0.25) is 14.5 Å². The van der Waals surface area contributed by atoms with Crippen LogP contribution in [0.1, 0.15) is 52.8 Å². The molecule has 3 aromatic rings. The molecule has 0 bridgehead atoms. The van der Waals surface area contributed by atoms with E-state index < -0.39 is 29.4 Å². The summed E-state index contributed by atoms with van der Waals surface area (Å²) in [5.74, 6) is -1.43. The summed E-state index contributed by atoms with van der Waals surface area (Å²) in [6.45, 7) is 2.81. The number of ether oxygens (including phenoxy) is 1. The summed E-state index contributed by atoms with van der Waals surface area (Å²) in [7, 11) is 0. The Labute approximate surface area is 223 Å².